The number of likely N-dealkylation sites (N-methyl/N-ethyl adjacent to an activating group) is 1. The Morgan fingerprint density at radius 2 is 1.77 bits per heavy atom. The van der Waals surface area contributed by atoms with E-state index in [-0.39, 0.29) is 22.6 Å². The molecule has 0 saturated carbocycles. The van der Waals surface area contributed by atoms with E-state index in [0.717, 1.165) is 31.7 Å². The summed E-state index contributed by atoms with van der Waals surface area (Å²) in [6.45, 7) is 8.66. The SMILES string of the molecule is C=CC(=O)Nc1cccc(Oc2nc(Nc3ccc(N4CCN(C)CC4)c(F)c3)nc3[nH]ccc23)c1.Cc1ccc(S(=O)(=O)O)cc1. The quantitative estimate of drug-likeness (QED) is 0.120. The summed E-state index contributed by atoms with van der Waals surface area (Å²) in [5.74, 6) is 0.416. The van der Waals surface area contributed by atoms with Crippen LogP contribution in [0.1, 0.15) is 5.56 Å². The third-order valence-corrected chi connectivity index (χ3v) is 8.12. The lowest BCUT2D eigenvalue weighted by Gasteiger charge is -2.34. The second kappa shape index (κ2) is 14.4. The fourth-order valence-electron chi connectivity index (χ4n) is 4.72. The van der Waals surface area contributed by atoms with Gasteiger partial charge >= 0.3 is 0 Å². The van der Waals surface area contributed by atoms with Crippen molar-refractivity contribution < 1.29 is 26.9 Å². The van der Waals surface area contributed by atoms with Crippen molar-refractivity contribution in [3.63, 3.8) is 0 Å². The highest BCUT2D eigenvalue weighted by molar-refractivity contribution is 7.85. The molecule has 1 saturated heterocycles. The molecule has 1 fully saturated rings. The van der Waals surface area contributed by atoms with Crippen LogP contribution in [0.2, 0.25) is 0 Å². The standard InChI is InChI=1S/C26H26FN7O2.C7H8O3S/c1-3-23(35)29-17-5-4-6-19(15-17)36-25-20-9-10-28-24(20)31-26(32-25)30-18-7-8-22(21(27)16-18)34-13-11-33(2)12-14-34;1-6-2-4-7(5-3-6)11(8,9)10/h3-10,15-16H,1,11-14H2,2H3,(H,29,35)(H2,28,30,31,32);2-5H,1H3,(H,8,9,10). The van der Waals surface area contributed by atoms with Gasteiger partial charge in [-0.1, -0.05) is 30.3 Å². The minimum absolute atomic E-state index is 0.0666. The first-order chi connectivity index (χ1) is 22.5. The van der Waals surface area contributed by atoms with Gasteiger partial charge in [0.15, 0.2) is 0 Å². The van der Waals surface area contributed by atoms with Crippen molar-refractivity contribution in [2.45, 2.75) is 11.8 Å². The van der Waals surface area contributed by atoms with Crippen molar-refractivity contribution in [3.8, 4) is 11.6 Å². The fraction of sp³-hybridized carbons (Fsp3) is 0.182. The molecule has 0 radical (unpaired) electrons. The normalized spacial score (nSPS) is 13.4. The maximum atomic E-state index is 15.0. The van der Waals surface area contributed by atoms with Crippen molar-refractivity contribution in [2.24, 2.45) is 0 Å². The Morgan fingerprint density at radius 3 is 2.45 bits per heavy atom. The number of hydrogen-bond acceptors (Lipinski definition) is 9. The highest BCUT2D eigenvalue weighted by Gasteiger charge is 2.18. The molecule has 0 spiro atoms. The Hall–Kier alpha value is -5.31. The van der Waals surface area contributed by atoms with Crippen LogP contribution in [-0.4, -0.2) is 72.0 Å². The second-order valence-electron chi connectivity index (χ2n) is 10.8. The number of piperazine rings is 1. The average Bonchev–Trinajstić information content (AvgIpc) is 3.51. The van der Waals surface area contributed by atoms with Crippen LogP contribution < -0.4 is 20.3 Å². The van der Waals surface area contributed by atoms with Crippen LogP contribution in [0.15, 0.2) is 96.5 Å². The Labute approximate surface area is 271 Å². The van der Waals surface area contributed by atoms with Crippen LogP contribution in [0, 0.1) is 12.7 Å². The van der Waals surface area contributed by atoms with Gasteiger partial charge in [0.25, 0.3) is 10.1 Å². The number of benzene rings is 3. The number of carbonyl (C=O) groups excluding carboxylic acids is 1. The second-order valence-corrected chi connectivity index (χ2v) is 12.2. The Kier molecular flexibility index (Phi) is 10.1. The lowest BCUT2D eigenvalue weighted by molar-refractivity contribution is -0.111. The van der Waals surface area contributed by atoms with E-state index in [9.17, 15) is 17.6 Å². The molecule has 0 aliphatic carbocycles. The minimum Gasteiger partial charge on any atom is -0.438 e. The van der Waals surface area contributed by atoms with Gasteiger partial charge in [0.1, 0.15) is 17.2 Å². The van der Waals surface area contributed by atoms with Gasteiger partial charge in [-0.25, -0.2) is 4.39 Å². The summed E-state index contributed by atoms with van der Waals surface area (Å²) in [6, 6.07) is 19.8. The summed E-state index contributed by atoms with van der Waals surface area (Å²) in [4.78, 5) is 27.9. The maximum Gasteiger partial charge on any atom is 0.294 e. The molecule has 14 heteroatoms. The number of nitrogens with zero attached hydrogens (tertiary/aromatic N) is 4. The molecule has 1 amide bonds. The summed E-state index contributed by atoms with van der Waals surface area (Å²) in [6.07, 6.45) is 2.93. The number of ether oxygens (including phenoxy) is 1. The monoisotopic (exact) mass is 659 g/mol. The molecule has 12 nitrogen and oxygen atoms in total. The van der Waals surface area contributed by atoms with Crippen LogP contribution in [-0.2, 0) is 14.9 Å². The van der Waals surface area contributed by atoms with Crippen LogP contribution in [0.5, 0.6) is 11.6 Å². The summed E-state index contributed by atoms with van der Waals surface area (Å²) >= 11 is 0. The molecule has 1 aliphatic rings. The summed E-state index contributed by atoms with van der Waals surface area (Å²) in [7, 11) is -1.95. The number of aromatic amines is 1. The van der Waals surface area contributed by atoms with Crippen molar-refractivity contribution in [1.29, 1.82) is 0 Å². The molecule has 0 bridgehead atoms. The molecule has 3 aromatic carbocycles. The Morgan fingerprint density at radius 1 is 1.02 bits per heavy atom. The number of aromatic nitrogens is 3. The molecule has 2 aromatic heterocycles. The minimum atomic E-state index is -4.02. The van der Waals surface area contributed by atoms with Gasteiger partial charge in [0.05, 0.1) is 16.0 Å². The number of aryl methyl sites for hydroxylation is 1. The molecular weight excluding hydrogens is 625 g/mol. The van der Waals surface area contributed by atoms with E-state index >= 15 is 0 Å². The van der Waals surface area contributed by atoms with Crippen LogP contribution >= 0.6 is 0 Å². The zero-order chi connectivity index (χ0) is 33.6. The van der Waals surface area contributed by atoms with Crippen LogP contribution in [0.4, 0.5) is 27.4 Å². The van der Waals surface area contributed by atoms with Gasteiger partial charge in [-0.2, -0.15) is 18.4 Å². The topological polar surface area (TPSA) is 153 Å². The number of halogens is 1. The summed E-state index contributed by atoms with van der Waals surface area (Å²) in [5.41, 5.74) is 3.19. The van der Waals surface area contributed by atoms with E-state index in [1.807, 2.05) is 19.1 Å². The van der Waals surface area contributed by atoms with Gasteiger partial charge < -0.3 is 30.2 Å². The van der Waals surface area contributed by atoms with Crippen molar-refractivity contribution >= 4 is 50.1 Å². The Balaban J connectivity index is 0.000000335. The van der Waals surface area contributed by atoms with Gasteiger partial charge in [-0.05, 0) is 68.6 Å². The van der Waals surface area contributed by atoms with Gasteiger partial charge in [0.2, 0.25) is 17.7 Å². The van der Waals surface area contributed by atoms with E-state index in [1.54, 1.807) is 48.7 Å². The molecule has 3 heterocycles. The molecular formula is C33H34FN7O5S. The number of anilines is 4. The lowest BCUT2D eigenvalue weighted by Crippen LogP contribution is -2.44. The molecule has 47 heavy (non-hydrogen) atoms. The molecule has 0 unspecified atom stereocenters. The fourth-order valence-corrected chi connectivity index (χ4v) is 5.20. The van der Waals surface area contributed by atoms with Crippen LogP contribution in [0.3, 0.4) is 0 Å². The summed E-state index contributed by atoms with van der Waals surface area (Å²) in [5, 5.41) is 6.46. The highest BCUT2D eigenvalue weighted by atomic mass is 32.2. The molecule has 244 valence electrons. The van der Waals surface area contributed by atoms with E-state index in [0.29, 0.717) is 39.7 Å². The first kappa shape index (κ1) is 33.1. The molecule has 6 rings (SSSR count). The molecule has 1 aliphatic heterocycles. The van der Waals surface area contributed by atoms with Crippen LogP contribution in [0.25, 0.3) is 11.0 Å². The third kappa shape index (κ3) is 8.70. The molecule has 4 N–H and O–H groups in total. The highest BCUT2D eigenvalue weighted by Crippen LogP contribution is 2.31. The van der Waals surface area contributed by atoms with Crippen molar-refractivity contribution in [2.75, 3.05) is 48.8 Å². The number of amides is 1. The smallest absolute Gasteiger partial charge is 0.294 e. The van der Waals surface area contributed by atoms with E-state index in [2.05, 4.69) is 49.0 Å². The average molecular weight is 660 g/mol. The van der Waals surface area contributed by atoms with Gasteiger partial charge in [-0.3, -0.25) is 9.35 Å². The Bertz CT molecular complexity index is 1990. The number of nitrogens with one attached hydrogen (secondary N) is 3. The van der Waals surface area contributed by atoms with Crippen molar-refractivity contribution in [3.05, 3.63) is 103 Å². The molecule has 5 aromatic rings. The predicted octanol–water partition coefficient (Wildman–Crippen LogP) is 5.75. The first-order valence-electron chi connectivity index (χ1n) is 14.6. The number of rotatable bonds is 8. The van der Waals surface area contributed by atoms with Gasteiger partial charge in [-0.15, -0.1) is 0 Å². The van der Waals surface area contributed by atoms with E-state index in [4.69, 9.17) is 9.29 Å². The van der Waals surface area contributed by atoms with E-state index in [1.165, 1.54) is 24.3 Å². The van der Waals surface area contributed by atoms with Gasteiger partial charge in [0, 0.05) is 49.8 Å². The summed E-state index contributed by atoms with van der Waals surface area (Å²) < 4.78 is 50.5. The number of H-pyrrole nitrogens is 1. The number of hydrogen-bond donors (Lipinski definition) is 4. The van der Waals surface area contributed by atoms with Crippen molar-refractivity contribution in [1.82, 2.24) is 19.9 Å². The van der Waals surface area contributed by atoms with E-state index < -0.39 is 10.1 Å². The zero-order valence-electron chi connectivity index (χ0n) is 25.8. The first-order valence-corrected chi connectivity index (χ1v) is 16.0. The zero-order valence-corrected chi connectivity index (χ0v) is 26.6. The maximum absolute atomic E-state index is 15.0. The largest absolute Gasteiger partial charge is 0.438 e. The number of carbonyl (C=O) groups is 1. The predicted molar refractivity (Wildman–Crippen MR) is 180 cm³/mol. The number of fused-ring (bicyclic) bond motifs is 1. The third-order valence-electron chi connectivity index (χ3n) is 7.25. The molecule has 0 atom stereocenters. The lowest BCUT2D eigenvalue weighted by atomic mass is 10.2.